The van der Waals surface area contributed by atoms with Crippen LogP contribution in [0.15, 0.2) is 34.9 Å². The zero-order chi connectivity index (χ0) is 14.8. The van der Waals surface area contributed by atoms with Gasteiger partial charge in [0, 0.05) is 29.7 Å². The van der Waals surface area contributed by atoms with Crippen LogP contribution in [0.4, 0.5) is 0 Å². The Morgan fingerprint density at radius 1 is 1.43 bits per heavy atom. The third-order valence-electron chi connectivity index (χ3n) is 3.52. The van der Waals surface area contributed by atoms with Crippen LogP contribution >= 0.6 is 11.6 Å². The largest absolute Gasteiger partial charge is 0.391 e. The fourth-order valence-electron chi connectivity index (χ4n) is 2.45. The lowest BCUT2D eigenvalue weighted by molar-refractivity contribution is 0.0465. The van der Waals surface area contributed by atoms with Crippen molar-refractivity contribution in [3.63, 3.8) is 0 Å². The van der Waals surface area contributed by atoms with Gasteiger partial charge in [-0.3, -0.25) is 4.79 Å². The van der Waals surface area contributed by atoms with Crippen LogP contribution in [0.2, 0.25) is 5.02 Å². The quantitative estimate of drug-likeness (QED) is 0.926. The van der Waals surface area contributed by atoms with Gasteiger partial charge < -0.3 is 14.5 Å². The third kappa shape index (κ3) is 3.09. The van der Waals surface area contributed by atoms with Gasteiger partial charge in [-0.1, -0.05) is 28.9 Å². The Hall–Kier alpha value is -1.85. The second-order valence-corrected chi connectivity index (χ2v) is 5.57. The molecule has 6 heteroatoms. The minimum absolute atomic E-state index is 0.217. The molecular formula is C15H15ClN2O3. The molecule has 1 aliphatic rings. The van der Waals surface area contributed by atoms with E-state index < -0.39 is 6.10 Å². The van der Waals surface area contributed by atoms with E-state index >= 15 is 0 Å². The van der Waals surface area contributed by atoms with Gasteiger partial charge in [-0.15, -0.1) is 0 Å². The number of aromatic nitrogens is 1. The first-order valence-electron chi connectivity index (χ1n) is 6.83. The number of carbonyl (C=O) groups is 1. The maximum absolute atomic E-state index is 12.3. The Bertz CT molecular complexity index is 656. The third-order valence-corrected chi connectivity index (χ3v) is 3.76. The van der Waals surface area contributed by atoms with Crippen molar-refractivity contribution in [2.75, 3.05) is 13.1 Å². The van der Waals surface area contributed by atoms with Crippen molar-refractivity contribution in [1.82, 2.24) is 10.1 Å². The number of nitrogens with zero attached hydrogens (tertiary/aromatic N) is 2. The average Bonchev–Trinajstić information content (AvgIpc) is 2.96. The molecule has 1 unspecified atom stereocenters. The lowest BCUT2D eigenvalue weighted by atomic mass is 10.1. The van der Waals surface area contributed by atoms with Gasteiger partial charge in [0.1, 0.15) is 0 Å². The van der Waals surface area contributed by atoms with Crippen molar-refractivity contribution in [1.29, 1.82) is 0 Å². The monoisotopic (exact) mass is 306 g/mol. The molecular weight excluding hydrogens is 292 g/mol. The number of halogens is 1. The van der Waals surface area contributed by atoms with Crippen LogP contribution in [0.3, 0.4) is 0 Å². The van der Waals surface area contributed by atoms with Gasteiger partial charge in [-0.2, -0.15) is 0 Å². The average molecular weight is 307 g/mol. The molecule has 1 aromatic heterocycles. The summed E-state index contributed by atoms with van der Waals surface area (Å²) in [4.78, 5) is 13.9. The molecule has 0 saturated carbocycles. The van der Waals surface area contributed by atoms with Crippen LogP contribution in [-0.4, -0.2) is 40.3 Å². The molecule has 1 aromatic carbocycles. The van der Waals surface area contributed by atoms with Crippen LogP contribution < -0.4 is 0 Å². The molecule has 2 aromatic rings. The molecule has 1 amide bonds. The van der Waals surface area contributed by atoms with E-state index in [-0.39, 0.29) is 11.6 Å². The Labute approximate surface area is 127 Å². The highest BCUT2D eigenvalue weighted by Gasteiger charge is 2.25. The smallest absolute Gasteiger partial charge is 0.276 e. The summed E-state index contributed by atoms with van der Waals surface area (Å²) in [6.07, 6.45) is 1.07. The highest BCUT2D eigenvalue weighted by molar-refractivity contribution is 6.30. The molecule has 0 spiro atoms. The van der Waals surface area contributed by atoms with Crippen molar-refractivity contribution in [2.24, 2.45) is 0 Å². The minimum atomic E-state index is -0.456. The SMILES string of the molecule is O=C(c1cc(-c2cccc(Cl)c2)on1)N1CCCC(O)C1. The molecule has 0 radical (unpaired) electrons. The van der Waals surface area contributed by atoms with Gasteiger partial charge in [0.15, 0.2) is 11.5 Å². The molecule has 1 N–H and O–H groups in total. The maximum atomic E-state index is 12.3. The van der Waals surface area contributed by atoms with Crippen molar-refractivity contribution in [3.8, 4) is 11.3 Å². The standard InChI is InChI=1S/C15H15ClN2O3/c16-11-4-1-3-10(7-11)14-8-13(17-21-14)15(20)18-6-2-5-12(19)9-18/h1,3-4,7-8,12,19H,2,5-6,9H2. The first-order chi connectivity index (χ1) is 10.1. The normalized spacial score (nSPS) is 18.8. The Morgan fingerprint density at radius 2 is 2.29 bits per heavy atom. The van der Waals surface area contributed by atoms with Crippen LogP contribution in [-0.2, 0) is 0 Å². The second-order valence-electron chi connectivity index (χ2n) is 5.13. The number of hydrogen-bond acceptors (Lipinski definition) is 4. The van der Waals surface area contributed by atoms with E-state index in [1.807, 2.05) is 12.1 Å². The number of aliphatic hydroxyl groups is 1. The topological polar surface area (TPSA) is 66.6 Å². The molecule has 1 atom stereocenters. The summed E-state index contributed by atoms with van der Waals surface area (Å²) in [6.45, 7) is 0.980. The highest BCUT2D eigenvalue weighted by Crippen LogP contribution is 2.24. The Balaban J connectivity index is 1.80. The number of β-amino-alcohol motifs (C(OH)–C–C–N with tert-alkyl or cyclic N) is 1. The zero-order valence-corrected chi connectivity index (χ0v) is 12.1. The number of carbonyl (C=O) groups excluding carboxylic acids is 1. The summed E-state index contributed by atoms with van der Waals surface area (Å²) in [5, 5.41) is 14.1. The van der Waals surface area contributed by atoms with E-state index in [1.165, 1.54) is 0 Å². The van der Waals surface area contributed by atoms with Crippen molar-refractivity contribution >= 4 is 17.5 Å². The van der Waals surface area contributed by atoms with E-state index in [1.54, 1.807) is 23.1 Å². The molecule has 21 heavy (non-hydrogen) atoms. The van der Waals surface area contributed by atoms with E-state index in [2.05, 4.69) is 5.16 Å². The molecule has 5 nitrogen and oxygen atoms in total. The Kier molecular flexibility index (Phi) is 3.94. The lowest BCUT2D eigenvalue weighted by Crippen LogP contribution is -2.42. The summed E-state index contributed by atoms with van der Waals surface area (Å²) in [5.74, 6) is 0.282. The predicted octanol–water partition coefficient (Wildman–Crippen LogP) is 2.59. The van der Waals surface area contributed by atoms with Gasteiger partial charge in [-0.05, 0) is 25.0 Å². The summed E-state index contributed by atoms with van der Waals surface area (Å²) in [6, 6.07) is 8.77. The number of rotatable bonds is 2. The molecule has 0 aliphatic carbocycles. The first kappa shape index (κ1) is 14.1. The van der Waals surface area contributed by atoms with Crippen molar-refractivity contribution < 1.29 is 14.4 Å². The van der Waals surface area contributed by atoms with Crippen LogP contribution in [0.5, 0.6) is 0 Å². The summed E-state index contributed by atoms with van der Waals surface area (Å²) in [5.41, 5.74) is 1.02. The molecule has 3 rings (SSSR count). The van der Waals surface area contributed by atoms with Gasteiger partial charge in [0.2, 0.25) is 0 Å². The number of amides is 1. The molecule has 1 aliphatic heterocycles. The van der Waals surface area contributed by atoms with Crippen LogP contribution in [0.25, 0.3) is 11.3 Å². The summed E-state index contributed by atoms with van der Waals surface area (Å²) < 4.78 is 5.23. The summed E-state index contributed by atoms with van der Waals surface area (Å²) in [7, 11) is 0. The van der Waals surface area contributed by atoms with E-state index in [0.29, 0.717) is 23.9 Å². The van der Waals surface area contributed by atoms with Crippen LogP contribution in [0.1, 0.15) is 23.3 Å². The Morgan fingerprint density at radius 3 is 3.05 bits per heavy atom. The van der Waals surface area contributed by atoms with E-state index in [4.69, 9.17) is 16.1 Å². The fraction of sp³-hybridized carbons (Fsp3) is 0.333. The number of likely N-dealkylation sites (tertiary alicyclic amines) is 1. The summed E-state index contributed by atoms with van der Waals surface area (Å²) >= 11 is 5.94. The maximum Gasteiger partial charge on any atom is 0.276 e. The number of piperidine rings is 1. The van der Waals surface area contributed by atoms with Gasteiger partial charge in [-0.25, -0.2) is 0 Å². The number of benzene rings is 1. The van der Waals surface area contributed by atoms with E-state index in [0.717, 1.165) is 18.4 Å². The number of hydrogen-bond donors (Lipinski definition) is 1. The zero-order valence-electron chi connectivity index (χ0n) is 11.3. The minimum Gasteiger partial charge on any atom is -0.391 e. The lowest BCUT2D eigenvalue weighted by Gasteiger charge is -2.29. The predicted molar refractivity (Wildman–Crippen MR) is 78.1 cm³/mol. The van der Waals surface area contributed by atoms with Crippen molar-refractivity contribution in [3.05, 3.63) is 41.0 Å². The van der Waals surface area contributed by atoms with E-state index in [9.17, 15) is 9.90 Å². The van der Waals surface area contributed by atoms with Gasteiger partial charge in [0.05, 0.1) is 6.10 Å². The van der Waals surface area contributed by atoms with Gasteiger partial charge in [0.25, 0.3) is 5.91 Å². The molecule has 1 saturated heterocycles. The number of aliphatic hydroxyl groups excluding tert-OH is 1. The molecule has 110 valence electrons. The molecule has 0 bridgehead atoms. The molecule has 2 heterocycles. The molecule has 1 fully saturated rings. The van der Waals surface area contributed by atoms with Crippen molar-refractivity contribution in [2.45, 2.75) is 18.9 Å². The fourth-order valence-corrected chi connectivity index (χ4v) is 2.65. The first-order valence-corrected chi connectivity index (χ1v) is 7.21. The second kappa shape index (κ2) is 5.87. The highest BCUT2D eigenvalue weighted by atomic mass is 35.5. The van der Waals surface area contributed by atoms with Gasteiger partial charge >= 0.3 is 0 Å². The van der Waals surface area contributed by atoms with Crippen LogP contribution in [0, 0.1) is 0 Å².